The minimum Gasteiger partial charge on any atom is -0.493 e. The predicted molar refractivity (Wildman–Crippen MR) is 114 cm³/mol. The number of nitrogens with one attached hydrogen (secondary N) is 2. The van der Waals surface area contributed by atoms with Crippen LogP contribution in [0.4, 0.5) is 0 Å². The molecule has 1 saturated heterocycles. The van der Waals surface area contributed by atoms with E-state index in [1.165, 1.54) is 5.56 Å². The largest absolute Gasteiger partial charge is 0.493 e. The van der Waals surface area contributed by atoms with Crippen molar-refractivity contribution < 1.29 is 9.53 Å². The summed E-state index contributed by atoms with van der Waals surface area (Å²) < 4.78 is 5.73. The number of guanidine groups is 1. The zero-order valence-electron chi connectivity index (χ0n) is 15.5. The van der Waals surface area contributed by atoms with Crippen molar-refractivity contribution in [3.63, 3.8) is 0 Å². The highest BCUT2D eigenvalue weighted by atomic mass is 127. The van der Waals surface area contributed by atoms with Gasteiger partial charge in [-0.1, -0.05) is 25.1 Å². The molecule has 6 nitrogen and oxygen atoms in total. The van der Waals surface area contributed by atoms with E-state index >= 15 is 0 Å². The maximum absolute atomic E-state index is 11.8. The third kappa shape index (κ3) is 5.02. The Morgan fingerprint density at radius 2 is 2.15 bits per heavy atom. The molecule has 2 heterocycles. The molecule has 0 bridgehead atoms. The number of fused-ring (bicyclic) bond motifs is 1. The van der Waals surface area contributed by atoms with Gasteiger partial charge in [0.25, 0.3) is 0 Å². The van der Waals surface area contributed by atoms with Gasteiger partial charge in [-0.3, -0.25) is 9.79 Å². The molecule has 0 aromatic heterocycles. The van der Waals surface area contributed by atoms with E-state index in [0.717, 1.165) is 50.8 Å². The van der Waals surface area contributed by atoms with Crippen molar-refractivity contribution in [3.8, 4) is 5.75 Å². The van der Waals surface area contributed by atoms with Crippen LogP contribution >= 0.6 is 24.0 Å². The Balaban J connectivity index is 0.00000243. The first-order chi connectivity index (χ1) is 12.2. The Morgan fingerprint density at radius 3 is 2.92 bits per heavy atom. The number of para-hydroxylation sites is 1. The minimum atomic E-state index is 0. The Bertz CT molecular complexity index is 638. The first kappa shape index (κ1) is 20.8. The van der Waals surface area contributed by atoms with Crippen LogP contribution in [0, 0.1) is 0 Å². The number of aliphatic imine (C=N–C) groups is 1. The van der Waals surface area contributed by atoms with E-state index in [0.29, 0.717) is 12.3 Å². The van der Waals surface area contributed by atoms with Crippen LogP contribution in [0.15, 0.2) is 29.3 Å². The van der Waals surface area contributed by atoms with Crippen LogP contribution in [0.25, 0.3) is 0 Å². The Hall–Kier alpha value is -1.51. The van der Waals surface area contributed by atoms with Crippen molar-refractivity contribution >= 4 is 35.8 Å². The summed E-state index contributed by atoms with van der Waals surface area (Å²) in [4.78, 5) is 18.1. The molecule has 2 atom stereocenters. The maximum Gasteiger partial charge on any atom is 0.222 e. The SMILES string of the molecule is CCC(=O)N1CCC(NC(=NC)NCC2CCOc3ccccc32)C1.I. The summed E-state index contributed by atoms with van der Waals surface area (Å²) in [5, 5.41) is 6.90. The number of nitrogens with zero attached hydrogens (tertiary/aromatic N) is 2. The highest BCUT2D eigenvalue weighted by Crippen LogP contribution is 2.32. The van der Waals surface area contributed by atoms with Gasteiger partial charge in [0.1, 0.15) is 5.75 Å². The highest BCUT2D eigenvalue weighted by molar-refractivity contribution is 14.0. The van der Waals surface area contributed by atoms with Gasteiger partial charge < -0.3 is 20.3 Å². The monoisotopic (exact) mass is 472 g/mol. The molecule has 7 heteroatoms. The molecule has 2 unspecified atom stereocenters. The number of benzene rings is 1. The molecule has 144 valence electrons. The van der Waals surface area contributed by atoms with Crippen molar-refractivity contribution in [2.45, 2.75) is 38.1 Å². The van der Waals surface area contributed by atoms with Gasteiger partial charge in [0.2, 0.25) is 5.91 Å². The summed E-state index contributed by atoms with van der Waals surface area (Å²) in [7, 11) is 1.79. The van der Waals surface area contributed by atoms with Crippen LogP contribution in [-0.4, -0.2) is 56.1 Å². The molecular weight excluding hydrogens is 443 g/mol. The summed E-state index contributed by atoms with van der Waals surface area (Å²) in [5.41, 5.74) is 1.26. The lowest BCUT2D eigenvalue weighted by molar-refractivity contribution is -0.129. The van der Waals surface area contributed by atoms with Gasteiger partial charge in [-0.05, 0) is 24.5 Å². The Morgan fingerprint density at radius 1 is 1.35 bits per heavy atom. The molecular formula is C19H29IN4O2. The number of carbonyl (C=O) groups is 1. The van der Waals surface area contributed by atoms with Crippen molar-refractivity contribution in [1.29, 1.82) is 0 Å². The number of hydrogen-bond acceptors (Lipinski definition) is 3. The molecule has 2 aliphatic heterocycles. The van der Waals surface area contributed by atoms with Gasteiger partial charge in [0, 0.05) is 45.1 Å². The molecule has 26 heavy (non-hydrogen) atoms. The molecule has 0 saturated carbocycles. The molecule has 0 spiro atoms. The average molecular weight is 472 g/mol. The van der Waals surface area contributed by atoms with Crippen LogP contribution in [-0.2, 0) is 4.79 Å². The highest BCUT2D eigenvalue weighted by Gasteiger charge is 2.26. The number of halogens is 1. The first-order valence-corrected chi connectivity index (χ1v) is 9.18. The van der Waals surface area contributed by atoms with Gasteiger partial charge >= 0.3 is 0 Å². The summed E-state index contributed by atoms with van der Waals surface area (Å²) in [6, 6.07) is 8.52. The van der Waals surface area contributed by atoms with E-state index in [4.69, 9.17) is 4.74 Å². The second-order valence-corrected chi connectivity index (χ2v) is 6.65. The van der Waals surface area contributed by atoms with Gasteiger partial charge in [-0.25, -0.2) is 0 Å². The van der Waals surface area contributed by atoms with E-state index in [-0.39, 0.29) is 35.9 Å². The number of hydrogen-bond donors (Lipinski definition) is 2. The zero-order chi connectivity index (χ0) is 17.6. The summed E-state index contributed by atoms with van der Waals surface area (Å²) >= 11 is 0. The van der Waals surface area contributed by atoms with Crippen molar-refractivity contribution in [2.75, 3.05) is 33.3 Å². The van der Waals surface area contributed by atoms with Crippen LogP contribution in [0.2, 0.25) is 0 Å². The molecule has 1 aromatic carbocycles. The summed E-state index contributed by atoms with van der Waals surface area (Å²) in [6.07, 6.45) is 2.54. The Labute approximate surface area is 172 Å². The van der Waals surface area contributed by atoms with E-state index in [9.17, 15) is 4.79 Å². The fourth-order valence-electron chi connectivity index (χ4n) is 3.56. The molecule has 3 rings (SSSR count). The maximum atomic E-state index is 11.8. The smallest absolute Gasteiger partial charge is 0.222 e. The number of amides is 1. The third-order valence-corrected chi connectivity index (χ3v) is 5.01. The number of likely N-dealkylation sites (tertiary alicyclic amines) is 1. The predicted octanol–water partition coefficient (Wildman–Crippen LogP) is 2.35. The van der Waals surface area contributed by atoms with Gasteiger partial charge in [-0.2, -0.15) is 0 Å². The first-order valence-electron chi connectivity index (χ1n) is 9.18. The fourth-order valence-corrected chi connectivity index (χ4v) is 3.56. The van der Waals surface area contributed by atoms with Gasteiger partial charge in [0.05, 0.1) is 6.61 Å². The number of carbonyl (C=O) groups excluding carboxylic acids is 1. The second kappa shape index (κ2) is 9.99. The number of ether oxygens (including phenoxy) is 1. The van der Waals surface area contributed by atoms with Gasteiger partial charge in [0.15, 0.2) is 5.96 Å². The van der Waals surface area contributed by atoms with Crippen LogP contribution in [0.3, 0.4) is 0 Å². The van der Waals surface area contributed by atoms with Gasteiger partial charge in [-0.15, -0.1) is 24.0 Å². The minimum absolute atomic E-state index is 0. The fraction of sp³-hybridized carbons (Fsp3) is 0.579. The van der Waals surface area contributed by atoms with E-state index in [1.807, 2.05) is 24.0 Å². The molecule has 1 aromatic rings. The van der Waals surface area contributed by atoms with Crippen molar-refractivity contribution in [1.82, 2.24) is 15.5 Å². The molecule has 2 aliphatic rings. The molecule has 1 fully saturated rings. The summed E-state index contributed by atoms with van der Waals surface area (Å²) in [6.45, 7) is 5.08. The van der Waals surface area contributed by atoms with Crippen molar-refractivity contribution in [3.05, 3.63) is 29.8 Å². The molecule has 2 N–H and O–H groups in total. The normalized spacial score (nSPS) is 22.1. The average Bonchev–Trinajstić information content (AvgIpc) is 3.13. The lowest BCUT2D eigenvalue weighted by Gasteiger charge is -2.27. The van der Waals surface area contributed by atoms with E-state index in [2.05, 4.69) is 27.8 Å². The Kier molecular flexibility index (Phi) is 7.99. The van der Waals surface area contributed by atoms with Crippen LogP contribution in [0.5, 0.6) is 5.75 Å². The quantitative estimate of drug-likeness (QED) is 0.401. The standard InChI is InChI=1S/C19H28N4O2.HI/c1-3-18(24)23-10-8-15(13-23)22-19(20-2)21-12-14-9-11-25-17-7-5-4-6-16(14)17;/h4-7,14-15H,3,8-13H2,1-2H3,(H2,20,21,22);1H. The lowest BCUT2D eigenvalue weighted by Crippen LogP contribution is -2.46. The lowest BCUT2D eigenvalue weighted by atomic mass is 9.93. The summed E-state index contributed by atoms with van der Waals surface area (Å²) in [5.74, 6) is 2.45. The second-order valence-electron chi connectivity index (χ2n) is 6.65. The van der Waals surface area contributed by atoms with E-state index in [1.54, 1.807) is 7.05 Å². The topological polar surface area (TPSA) is 66.0 Å². The number of rotatable bonds is 4. The van der Waals surface area contributed by atoms with Crippen molar-refractivity contribution in [2.24, 2.45) is 4.99 Å². The van der Waals surface area contributed by atoms with Crippen LogP contribution in [0.1, 0.15) is 37.7 Å². The molecule has 0 aliphatic carbocycles. The zero-order valence-corrected chi connectivity index (χ0v) is 17.9. The van der Waals surface area contributed by atoms with E-state index < -0.39 is 0 Å². The molecule has 0 radical (unpaired) electrons. The third-order valence-electron chi connectivity index (χ3n) is 5.01. The van der Waals surface area contributed by atoms with Crippen LogP contribution < -0.4 is 15.4 Å². The molecule has 1 amide bonds.